The summed E-state index contributed by atoms with van der Waals surface area (Å²) in [5.74, 6) is 4.73. The molecule has 0 radical (unpaired) electrons. The van der Waals surface area contributed by atoms with Crippen molar-refractivity contribution < 1.29 is 14.3 Å². The van der Waals surface area contributed by atoms with Crippen LogP contribution in [0.5, 0.6) is 0 Å². The number of Topliss-reactive ketones (excluding diaryl/α,β-unsaturated/α-hetero) is 1. The van der Waals surface area contributed by atoms with E-state index in [0.29, 0.717) is 26.4 Å². The Morgan fingerprint density at radius 2 is 2.19 bits per heavy atom. The van der Waals surface area contributed by atoms with Crippen LogP contribution in [0, 0.1) is 11.8 Å². The first kappa shape index (κ1) is 17.3. The number of aromatic nitrogens is 3. The Kier molecular flexibility index (Phi) is 9.04. The molecule has 0 bridgehead atoms. The van der Waals surface area contributed by atoms with E-state index in [1.807, 2.05) is 0 Å². The summed E-state index contributed by atoms with van der Waals surface area (Å²) in [6.07, 6.45) is 5.14. The fourth-order valence-corrected chi connectivity index (χ4v) is 1.67. The van der Waals surface area contributed by atoms with Crippen molar-refractivity contribution in [2.75, 3.05) is 26.4 Å². The lowest BCUT2D eigenvalue weighted by Crippen LogP contribution is -2.27. The molecule has 1 unspecified atom stereocenters. The van der Waals surface area contributed by atoms with Crippen LogP contribution in [-0.4, -0.2) is 53.2 Å². The molecule has 2 N–H and O–H groups in total. The molecule has 0 amide bonds. The number of carbonyl (C=O) groups is 1. The molecule has 0 saturated carbocycles. The van der Waals surface area contributed by atoms with Gasteiger partial charge in [0.1, 0.15) is 6.61 Å². The molecule has 0 spiro atoms. The van der Waals surface area contributed by atoms with Crippen LogP contribution in [0.2, 0.25) is 0 Å². The average molecular weight is 294 g/mol. The van der Waals surface area contributed by atoms with E-state index in [1.165, 1.54) is 0 Å². The zero-order valence-corrected chi connectivity index (χ0v) is 12.3. The first-order valence-corrected chi connectivity index (χ1v) is 6.93. The van der Waals surface area contributed by atoms with Crippen LogP contribution < -0.4 is 5.73 Å². The lowest BCUT2D eigenvalue weighted by atomic mass is 10.2. The van der Waals surface area contributed by atoms with Gasteiger partial charge >= 0.3 is 0 Å². The maximum atomic E-state index is 11.0. The van der Waals surface area contributed by atoms with Gasteiger partial charge in [0.2, 0.25) is 5.78 Å². The number of nitrogens with zero attached hydrogens (tertiary/aromatic N) is 3. The van der Waals surface area contributed by atoms with Crippen molar-refractivity contribution in [1.29, 1.82) is 0 Å². The SMILES string of the molecule is CC#CC(=O)COCCOCCCC(N)Cn1ccnn1. The molecule has 0 aliphatic heterocycles. The largest absolute Gasteiger partial charge is 0.379 e. The van der Waals surface area contributed by atoms with Gasteiger partial charge in [-0.05, 0) is 25.7 Å². The van der Waals surface area contributed by atoms with Crippen LogP contribution >= 0.6 is 0 Å². The number of ether oxygens (including phenoxy) is 2. The monoisotopic (exact) mass is 294 g/mol. The average Bonchev–Trinajstić information content (AvgIpc) is 2.95. The Bertz CT molecular complexity index is 451. The van der Waals surface area contributed by atoms with Crippen LogP contribution in [0.4, 0.5) is 0 Å². The molecule has 116 valence electrons. The fraction of sp³-hybridized carbons (Fsp3) is 0.643. The molecule has 21 heavy (non-hydrogen) atoms. The van der Waals surface area contributed by atoms with E-state index in [9.17, 15) is 4.79 Å². The predicted octanol–water partition coefficient (Wildman–Crippen LogP) is 0.0112. The third kappa shape index (κ3) is 8.92. The highest BCUT2D eigenvalue weighted by atomic mass is 16.5. The minimum absolute atomic E-state index is 0.0208. The first-order valence-electron chi connectivity index (χ1n) is 6.93. The maximum absolute atomic E-state index is 11.0. The second-order valence-electron chi connectivity index (χ2n) is 4.49. The Hall–Kier alpha value is -1.75. The van der Waals surface area contributed by atoms with Gasteiger partial charge in [-0.25, -0.2) is 0 Å². The van der Waals surface area contributed by atoms with Gasteiger partial charge in [0.25, 0.3) is 0 Å². The smallest absolute Gasteiger partial charge is 0.231 e. The van der Waals surface area contributed by atoms with Crippen molar-refractivity contribution in [3.8, 4) is 11.8 Å². The first-order chi connectivity index (χ1) is 10.2. The van der Waals surface area contributed by atoms with Crippen molar-refractivity contribution in [2.45, 2.75) is 32.4 Å². The van der Waals surface area contributed by atoms with Crippen molar-refractivity contribution in [1.82, 2.24) is 15.0 Å². The molecular formula is C14H22N4O3. The predicted molar refractivity (Wildman–Crippen MR) is 77.3 cm³/mol. The Labute approximate surface area is 124 Å². The molecule has 0 saturated heterocycles. The third-order valence-electron chi connectivity index (χ3n) is 2.63. The summed E-state index contributed by atoms with van der Waals surface area (Å²) >= 11 is 0. The number of carbonyl (C=O) groups excluding carboxylic acids is 1. The highest BCUT2D eigenvalue weighted by Gasteiger charge is 2.04. The van der Waals surface area contributed by atoms with Gasteiger partial charge in [0.15, 0.2) is 0 Å². The summed E-state index contributed by atoms with van der Waals surface area (Å²) in [5, 5.41) is 7.59. The minimum Gasteiger partial charge on any atom is -0.379 e. The van der Waals surface area contributed by atoms with Crippen LogP contribution in [0.15, 0.2) is 12.4 Å². The standard InChI is InChI=1S/C14H22N4O3/c1-2-4-14(19)12-21-10-9-20-8-3-5-13(15)11-18-7-6-16-17-18/h6-7,13H,3,5,8-12,15H2,1H3. The van der Waals surface area contributed by atoms with E-state index in [1.54, 1.807) is 24.0 Å². The van der Waals surface area contributed by atoms with E-state index in [-0.39, 0.29) is 18.4 Å². The molecule has 7 nitrogen and oxygen atoms in total. The summed E-state index contributed by atoms with van der Waals surface area (Å²) in [5.41, 5.74) is 5.97. The second kappa shape index (κ2) is 11.0. The number of hydrogen-bond donors (Lipinski definition) is 1. The van der Waals surface area contributed by atoms with Gasteiger partial charge in [-0.1, -0.05) is 11.1 Å². The summed E-state index contributed by atoms with van der Waals surface area (Å²) in [4.78, 5) is 11.0. The van der Waals surface area contributed by atoms with Gasteiger partial charge < -0.3 is 15.2 Å². The van der Waals surface area contributed by atoms with Crippen molar-refractivity contribution in [3.63, 3.8) is 0 Å². The quantitative estimate of drug-likeness (QED) is 0.351. The van der Waals surface area contributed by atoms with Crippen LogP contribution in [0.3, 0.4) is 0 Å². The summed E-state index contributed by atoms with van der Waals surface area (Å²) in [6.45, 7) is 3.77. The number of rotatable bonds is 11. The van der Waals surface area contributed by atoms with Gasteiger partial charge in [0.05, 0.1) is 26.0 Å². The summed E-state index contributed by atoms with van der Waals surface area (Å²) < 4.78 is 12.2. The molecule has 7 heteroatoms. The van der Waals surface area contributed by atoms with Crippen LogP contribution in [-0.2, 0) is 20.8 Å². The van der Waals surface area contributed by atoms with E-state index in [4.69, 9.17) is 15.2 Å². The normalized spacial score (nSPS) is 11.7. The highest BCUT2D eigenvalue weighted by molar-refractivity contribution is 5.96. The van der Waals surface area contributed by atoms with Gasteiger partial charge in [-0.15, -0.1) is 5.10 Å². The van der Waals surface area contributed by atoms with E-state index >= 15 is 0 Å². The zero-order chi connectivity index (χ0) is 15.3. The lowest BCUT2D eigenvalue weighted by Gasteiger charge is -2.11. The van der Waals surface area contributed by atoms with Gasteiger partial charge in [-0.3, -0.25) is 9.48 Å². The number of nitrogens with two attached hydrogens (primary N) is 1. The van der Waals surface area contributed by atoms with E-state index in [2.05, 4.69) is 22.2 Å². The topological polar surface area (TPSA) is 92.3 Å². The Balaban J connectivity index is 1.90. The molecular weight excluding hydrogens is 272 g/mol. The molecule has 1 atom stereocenters. The van der Waals surface area contributed by atoms with Gasteiger partial charge in [-0.2, -0.15) is 0 Å². The molecule has 0 aliphatic carbocycles. The van der Waals surface area contributed by atoms with Crippen molar-refractivity contribution >= 4 is 5.78 Å². The van der Waals surface area contributed by atoms with E-state index < -0.39 is 0 Å². The van der Waals surface area contributed by atoms with Crippen LogP contribution in [0.25, 0.3) is 0 Å². The van der Waals surface area contributed by atoms with E-state index in [0.717, 1.165) is 12.8 Å². The molecule has 1 rings (SSSR count). The number of hydrogen-bond acceptors (Lipinski definition) is 6. The molecule has 0 aromatic carbocycles. The third-order valence-corrected chi connectivity index (χ3v) is 2.63. The molecule has 1 aromatic rings. The summed E-state index contributed by atoms with van der Waals surface area (Å²) in [6, 6.07) is 0.0387. The fourth-order valence-electron chi connectivity index (χ4n) is 1.67. The van der Waals surface area contributed by atoms with Crippen molar-refractivity contribution in [3.05, 3.63) is 12.4 Å². The molecule has 0 aliphatic rings. The minimum atomic E-state index is -0.211. The maximum Gasteiger partial charge on any atom is 0.231 e. The second-order valence-corrected chi connectivity index (χ2v) is 4.49. The Morgan fingerprint density at radius 1 is 1.38 bits per heavy atom. The van der Waals surface area contributed by atoms with Gasteiger partial charge in [0, 0.05) is 18.8 Å². The number of ketones is 1. The lowest BCUT2D eigenvalue weighted by molar-refractivity contribution is -0.118. The Morgan fingerprint density at radius 3 is 2.90 bits per heavy atom. The summed E-state index contributed by atoms with van der Waals surface area (Å²) in [7, 11) is 0. The highest BCUT2D eigenvalue weighted by Crippen LogP contribution is 1.98. The van der Waals surface area contributed by atoms with Crippen LogP contribution in [0.1, 0.15) is 19.8 Å². The molecule has 1 aromatic heterocycles. The molecule has 1 heterocycles. The van der Waals surface area contributed by atoms with Crippen molar-refractivity contribution in [2.24, 2.45) is 5.73 Å². The zero-order valence-electron chi connectivity index (χ0n) is 12.3. The molecule has 0 fully saturated rings.